The molecule has 187 valence electrons. The number of nitrogens with zero attached hydrogens (tertiary/aromatic N) is 3. The second kappa shape index (κ2) is 11.1. The van der Waals surface area contributed by atoms with E-state index in [9.17, 15) is 0 Å². The van der Waals surface area contributed by atoms with Gasteiger partial charge in [-0.05, 0) is 81.6 Å². The van der Waals surface area contributed by atoms with Crippen molar-refractivity contribution in [3.8, 4) is 22.3 Å². The molecule has 2 aliphatic rings. The molecule has 0 aliphatic heterocycles. The molecule has 1 aromatic heterocycles. The third-order valence-electron chi connectivity index (χ3n) is 6.93. The van der Waals surface area contributed by atoms with Crippen molar-refractivity contribution < 1.29 is 13.1 Å². The number of aromatic nitrogens is 1. The molecule has 0 N–H and O–H groups in total. The van der Waals surface area contributed by atoms with E-state index in [4.69, 9.17) is 20.2 Å². The number of halogens is 2. The topological polar surface area (TPSA) is 38.8 Å². The monoisotopic (exact) mass is 574 g/mol. The van der Waals surface area contributed by atoms with E-state index >= 15 is 0 Å². The summed E-state index contributed by atoms with van der Waals surface area (Å²) in [4.78, 5) is 14.0. The summed E-state index contributed by atoms with van der Waals surface area (Å²) in [6, 6.07) is 34.1. The van der Waals surface area contributed by atoms with Crippen molar-refractivity contribution in [3.63, 3.8) is 0 Å². The van der Waals surface area contributed by atoms with Crippen LogP contribution in [0.4, 0.5) is 11.4 Å². The number of aliphatic imine (C=N–C) groups is 2. The van der Waals surface area contributed by atoms with Crippen LogP contribution in [0.15, 0.2) is 107 Å². The molecule has 0 fully saturated rings. The fourth-order valence-corrected chi connectivity index (χ4v) is 5.24. The van der Waals surface area contributed by atoms with Crippen molar-refractivity contribution in [2.24, 2.45) is 9.98 Å². The van der Waals surface area contributed by atoms with Crippen LogP contribution in [0.5, 0.6) is 0 Å². The third kappa shape index (κ3) is 5.14. The summed E-state index contributed by atoms with van der Waals surface area (Å²) in [5, 5.41) is 0. The molecule has 4 aromatic carbocycles. The Hall–Kier alpha value is -3.40. The summed E-state index contributed by atoms with van der Waals surface area (Å²) in [7, 11) is 9.53. The van der Waals surface area contributed by atoms with E-state index in [0.29, 0.717) is 0 Å². The molecule has 0 spiro atoms. The molecule has 1 heterocycles. The maximum atomic E-state index is 4.76. The Kier molecular flexibility index (Phi) is 7.31. The summed E-state index contributed by atoms with van der Waals surface area (Å²) in [5.41, 5.74) is 14.3. The van der Waals surface area contributed by atoms with Gasteiger partial charge in [-0.1, -0.05) is 72.8 Å². The first-order valence-corrected chi connectivity index (χ1v) is 15.2. The van der Waals surface area contributed by atoms with Gasteiger partial charge in [0.2, 0.25) is 0 Å². The Balaban J connectivity index is 0.000000843. The number of fused-ring (bicyclic) bond motifs is 6. The van der Waals surface area contributed by atoms with Crippen LogP contribution in [0.25, 0.3) is 22.3 Å². The van der Waals surface area contributed by atoms with Crippen LogP contribution >= 0.6 is 20.2 Å². The zero-order valence-corrected chi connectivity index (χ0v) is 22.9. The Labute approximate surface area is 236 Å². The van der Waals surface area contributed by atoms with Gasteiger partial charge >= 0.3 is 33.3 Å². The normalized spacial score (nSPS) is 12.7. The van der Waals surface area contributed by atoms with Crippen LogP contribution in [0.3, 0.4) is 0 Å². The molecule has 0 radical (unpaired) electrons. The Morgan fingerprint density at radius 3 is 1.45 bits per heavy atom. The zero-order valence-electron chi connectivity index (χ0n) is 20.3. The molecule has 38 heavy (non-hydrogen) atoms. The Morgan fingerprint density at radius 1 is 0.553 bits per heavy atom. The SMILES string of the molecule is C(=Nc1ccc2c(c1)Cc1ccccc1-2)c1ccc(C=Nc2ccc3c(c2)Cc2ccccc2-3)[n-]1.[Cl][Fe+][Cl]. The van der Waals surface area contributed by atoms with Gasteiger partial charge in [-0.2, -0.15) is 0 Å². The van der Waals surface area contributed by atoms with Gasteiger partial charge in [0, 0.05) is 12.4 Å². The van der Waals surface area contributed by atoms with Crippen molar-refractivity contribution >= 4 is 44.0 Å². The van der Waals surface area contributed by atoms with Crippen LogP contribution in [-0.4, -0.2) is 12.4 Å². The van der Waals surface area contributed by atoms with E-state index in [0.717, 1.165) is 35.6 Å². The van der Waals surface area contributed by atoms with Crippen molar-refractivity contribution in [1.29, 1.82) is 0 Å². The summed E-state index contributed by atoms with van der Waals surface area (Å²) >= 11 is 0.194. The fraction of sp³-hybridized carbons (Fsp3) is 0.0625. The van der Waals surface area contributed by atoms with E-state index in [1.807, 2.05) is 24.6 Å². The second-order valence-corrected chi connectivity index (χ2v) is 11.0. The van der Waals surface area contributed by atoms with Crippen LogP contribution in [-0.2, 0) is 26.0 Å². The predicted molar refractivity (Wildman–Crippen MR) is 155 cm³/mol. The van der Waals surface area contributed by atoms with Crippen molar-refractivity contribution in [2.45, 2.75) is 12.8 Å². The summed E-state index contributed by atoms with van der Waals surface area (Å²) in [6.45, 7) is 0. The average Bonchev–Trinajstić information content (AvgIpc) is 3.65. The molecule has 0 bridgehead atoms. The van der Waals surface area contributed by atoms with Gasteiger partial charge in [0.25, 0.3) is 0 Å². The molecule has 7 rings (SSSR count). The van der Waals surface area contributed by atoms with Crippen LogP contribution in [0.2, 0.25) is 0 Å². The van der Waals surface area contributed by atoms with Gasteiger partial charge in [-0.25, -0.2) is 0 Å². The molecular formula is C32H22Cl2FeN3. The van der Waals surface area contributed by atoms with Gasteiger partial charge in [0.1, 0.15) is 0 Å². The van der Waals surface area contributed by atoms with Gasteiger partial charge < -0.3 is 4.98 Å². The van der Waals surface area contributed by atoms with E-state index in [2.05, 4.69) is 99.9 Å². The number of hydrogen-bond donors (Lipinski definition) is 0. The molecule has 6 heteroatoms. The minimum atomic E-state index is 0.194. The van der Waals surface area contributed by atoms with Crippen LogP contribution in [0.1, 0.15) is 33.6 Å². The van der Waals surface area contributed by atoms with E-state index in [1.165, 1.54) is 44.5 Å². The molecule has 0 amide bonds. The fourth-order valence-electron chi connectivity index (χ4n) is 5.24. The van der Waals surface area contributed by atoms with Crippen molar-refractivity contribution in [2.75, 3.05) is 0 Å². The summed E-state index contributed by atoms with van der Waals surface area (Å²) in [6.07, 6.45) is 5.60. The van der Waals surface area contributed by atoms with Crippen molar-refractivity contribution in [1.82, 2.24) is 4.98 Å². The van der Waals surface area contributed by atoms with Crippen LogP contribution in [0, 0.1) is 0 Å². The molecule has 0 atom stereocenters. The van der Waals surface area contributed by atoms with Gasteiger partial charge in [0.05, 0.1) is 11.4 Å². The first-order valence-electron chi connectivity index (χ1n) is 12.2. The molecule has 5 aromatic rings. The number of hydrogen-bond acceptors (Lipinski definition) is 2. The molecule has 2 aliphatic carbocycles. The number of benzene rings is 4. The quantitative estimate of drug-likeness (QED) is 0.153. The van der Waals surface area contributed by atoms with Crippen molar-refractivity contribution in [3.05, 3.63) is 131 Å². The summed E-state index contributed by atoms with van der Waals surface area (Å²) in [5.74, 6) is 0. The molecule has 3 nitrogen and oxygen atoms in total. The molecule has 0 unspecified atom stereocenters. The maximum absolute atomic E-state index is 4.76. The van der Waals surface area contributed by atoms with Crippen LogP contribution < -0.4 is 4.98 Å². The predicted octanol–water partition coefficient (Wildman–Crippen LogP) is 8.66. The zero-order chi connectivity index (χ0) is 25.9. The molecule has 0 saturated heterocycles. The first kappa shape index (κ1) is 24.9. The molecule has 0 saturated carbocycles. The van der Waals surface area contributed by atoms with Gasteiger partial charge in [-0.15, -0.1) is 11.4 Å². The summed E-state index contributed by atoms with van der Waals surface area (Å²) < 4.78 is 0. The standard InChI is InChI=1S/C32H22N3.2ClH.Fe/c1-3-7-29-21(5-1)15-23-17-25(11-13-31(23)29)33-19-27-9-10-28(35-27)20-34-26-12-14-32-24(18-26)16-22-6-2-4-8-30(22)32;;;/h1-14,17-20H,15-16H2;2*1H;/q-1;;;+3/p-2. The number of rotatable bonds is 4. The Bertz CT molecular complexity index is 1560. The third-order valence-corrected chi connectivity index (χ3v) is 6.93. The first-order chi connectivity index (χ1) is 18.7. The average molecular weight is 575 g/mol. The molecular weight excluding hydrogens is 553 g/mol. The Morgan fingerprint density at radius 2 is 0.974 bits per heavy atom. The van der Waals surface area contributed by atoms with E-state index in [-0.39, 0.29) is 13.1 Å². The second-order valence-electron chi connectivity index (χ2n) is 9.21. The van der Waals surface area contributed by atoms with Gasteiger partial charge in [-0.3, -0.25) is 9.98 Å². The van der Waals surface area contributed by atoms with E-state index in [1.54, 1.807) is 0 Å². The van der Waals surface area contributed by atoms with E-state index < -0.39 is 0 Å². The minimum absolute atomic E-state index is 0.194. The van der Waals surface area contributed by atoms with Gasteiger partial charge in [0.15, 0.2) is 0 Å².